The first-order valence-electron chi connectivity index (χ1n) is 4.46. The maximum Gasteiger partial charge on any atom is 0.116 e. The Morgan fingerprint density at radius 2 is 1.81 bits per heavy atom. The first-order valence-corrected chi connectivity index (χ1v) is 6.47. The van der Waals surface area contributed by atoms with Gasteiger partial charge in [0.1, 0.15) is 6.10 Å². The first-order chi connectivity index (χ1) is 7.61. The number of hydrogen-bond donors (Lipinski definition) is 1. The Labute approximate surface area is 112 Å². The van der Waals surface area contributed by atoms with Crippen molar-refractivity contribution in [3.05, 3.63) is 55.2 Å². The molecule has 1 heterocycles. The van der Waals surface area contributed by atoms with Gasteiger partial charge in [-0.05, 0) is 17.5 Å². The SMILES string of the molecule is OC(c1cccc(Cl)c1Cl)c1sccc1Cl. The van der Waals surface area contributed by atoms with E-state index in [0.717, 1.165) is 0 Å². The fraction of sp³-hybridized carbons (Fsp3) is 0.0909. The summed E-state index contributed by atoms with van der Waals surface area (Å²) in [6.45, 7) is 0. The number of aliphatic hydroxyl groups excluding tert-OH is 1. The number of thiophene rings is 1. The summed E-state index contributed by atoms with van der Waals surface area (Å²) in [6.07, 6.45) is -0.835. The van der Waals surface area contributed by atoms with Gasteiger partial charge in [0.25, 0.3) is 0 Å². The highest BCUT2D eigenvalue weighted by molar-refractivity contribution is 7.10. The topological polar surface area (TPSA) is 20.2 Å². The van der Waals surface area contributed by atoms with Crippen molar-refractivity contribution in [2.24, 2.45) is 0 Å². The van der Waals surface area contributed by atoms with Crippen LogP contribution in [0, 0.1) is 0 Å². The molecule has 1 nitrogen and oxygen atoms in total. The Morgan fingerprint density at radius 3 is 2.44 bits per heavy atom. The Hall–Kier alpha value is -0.250. The molecule has 2 aromatic rings. The molecule has 1 N–H and O–H groups in total. The normalized spacial score (nSPS) is 12.8. The molecule has 1 atom stereocenters. The molecule has 0 saturated heterocycles. The predicted octanol–water partition coefficient (Wildman–Crippen LogP) is 4.79. The van der Waals surface area contributed by atoms with Crippen LogP contribution in [0.2, 0.25) is 15.1 Å². The lowest BCUT2D eigenvalue weighted by atomic mass is 10.1. The summed E-state index contributed by atoms with van der Waals surface area (Å²) in [5.74, 6) is 0. The number of rotatable bonds is 2. The van der Waals surface area contributed by atoms with Gasteiger partial charge in [0.05, 0.1) is 19.9 Å². The van der Waals surface area contributed by atoms with Crippen molar-refractivity contribution in [2.45, 2.75) is 6.10 Å². The summed E-state index contributed by atoms with van der Waals surface area (Å²) < 4.78 is 0. The van der Waals surface area contributed by atoms with Gasteiger partial charge in [-0.1, -0.05) is 46.9 Å². The Balaban J connectivity index is 2.46. The van der Waals surface area contributed by atoms with Crippen LogP contribution < -0.4 is 0 Å². The van der Waals surface area contributed by atoms with E-state index in [-0.39, 0.29) is 0 Å². The van der Waals surface area contributed by atoms with Crippen molar-refractivity contribution < 1.29 is 5.11 Å². The number of hydrogen-bond acceptors (Lipinski definition) is 2. The van der Waals surface area contributed by atoms with Gasteiger partial charge in [0.2, 0.25) is 0 Å². The molecule has 0 aliphatic carbocycles. The zero-order valence-corrected chi connectivity index (χ0v) is 11.0. The molecule has 1 aromatic carbocycles. The van der Waals surface area contributed by atoms with Crippen LogP contribution in [0.5, 0.6) is 0 Å². The quantitative estimate of drug-likeness (QED) is 0.844. The molecule has 1 aromatic heterocycles. The lowest BCUT2D eigenvalue weighted by Crippen LogP contribution is -1.98. The molecule has 0 fully saturated rings. The van der Waals surface area contributed by atoms with Crippen molar-refractivity contribution in [3.8, 4) is 0 Å². The molecule has 0 radical (unpaired) electrons. The van der Waals surface area contributed by atoms with Gasteiger partial charge in [0.15, 0.2) is 0 Å². The third kappa shape index (κ3) is 2.22. The second kappa shape index (κ2) is 4.94. The summed E-state index contributed by atoms with van der Waals surface area (Å²) in [5.41, 5.74) is 0.568. The van der Waals surface area contributed by atoms with E-state index in [0.29, 0.717) is 25.5 Å². The van der Waals surface area contributed by atoms with Crippen LogP contribution in [0.25, 0.3) is 0 Å². The lowest BCUT2D eigenvalue weighted by molar-refractivity contribution is 0.224. The summed E-state index contributed by atoms with van der Waals surface area (Å²) in [7, 11) is 0. The maximum absolute atomic E-state index is 10.1. The Kier molecular flexibility index (Phi) is 3.77. The molecule has 5 heteroatoms. The smallest absolute Gasteiger partial charge is 0.116 e. The molecule has 0 aliphatic heterocycles. The second-order valence-corrected chi connectivity index (χ2v) is 5.32. The summed E-state index contributed by atoms with van der Waals surface area (Å²) in [6, 6.07) is 6.89. The molecule has 84 valence electrons. The minimum atomic E-state index is -0.835. The molecule has 0 spiro atoms. The first kappa shape index (κ1) is 12.2. The average Bonchev–Trinajstić information content (AvgIpc) is 2.68. The van der Waals surface area contributed by atoms with Crippen LogP contribution in [-0.4, -0.2) is 5.11 Å². The molecular weight excluding hydrogens is 287 g/mol. The van der Waals surface area contributed by atoms with Crippen LogP contribution >= 0.6 is 46.1 Å². The van der Waals surface area contributed by atoms with E-state index in [4.69, 9.17) is 34.8 Å². The van der Waals surface area contributed by atoms with E-state index in [9.17, 15) is 5.11 Å². The number of halogens is 3. The molecule has 0 aliphatic rings. The van der Waals surface area contributed by atoms with Crippen LogP contribution in [0.3, 0.4) is 0 Å². The minimum absolute atomic E-state index is 0.362. The third-order valence-corrected chi connectivity index (χ3v) is 4.41. The molecule has 2 rings (SSSR count). The van der Waals surface area contributed by atoms with Crippen molar-refractivity contribution >= 4 is 46.1 Å². The van der Waals surface area contributed by atoms with Gasteiger partial charge in [-0.2, -0.15) is 0 Å². The van der Waals surface area contributed by atoms with Gasteiger partial charge < -0.3 is 5.11 Å². The van der Waals surface area contributed by atoms with Gasteiger partial charge in [-0.25, -0.2) is 0 Å². The van der Waals surface area contributed by atoms with Crippen LogP contribution in [0.15, 0.2) is 29.6 Å². The van der Waals surface area contributed by atoms with E-state index >= 15 is 0 Å². The summed E-state index contributed by atoms with van der Waals surface area (Å²) in [5, 5.41) is 13.3. The maximum atomic E-state index is 10.1. The molecule has 16 heavy (non-hydrogen) atoms. The third-order valence-electron chi connectivity index (χ3n) is 2.17. The Morgan fingerprint density at radius 1 is 1.06 bits per heavy atom. The van der Waals surface area contributed by atoms with Gasteiger partial charge in [-0.15, -0.1) is 11.3 Å². The van der Waals surface area contributed by atoms with Crippen molar-refractivity contribution in [1.82, 2.24) is 0 Å². The van der Waals surface area contributed by atoms with E-state index in [1.165, 1.54) is 11.3 Å². The van der Waals surface area contributed by atoms with Gasteiger partial charge >= 0.3 is 0 Å². The molecule has 0 bridgehead atoms. The van der Waals surface area contributed by atoms with Crippen LogP contribution in [-0.2, 0) is 0 Å². The van der Waals surface area contributed by atoms with Gasteiger partial charge in [-0.3, -0.25) is 0 Å². The van der Waals surface area contributed by atoms with Crippen LogP contribution in [0.1, 0.15) is 16.5 Å². The van der Waals surface area contributed by atoms with Gasteiger partial charge in [0, 0.05) is 5.56 Å². The molecule has 0 amide bonds. The zero-order valence-electron chi connectivity index (χ0n) is 7.95. The molecular formula is C11H7Cl3OS. The van der Waals surface area contributed by atoms with E-state index in [1.807, 2.05) is 5.38 Å². The molecule has 1 unspecified atom stereocenters. The van der Waals surface area contributed by atoms with Crippen LogP contribution in [0.4, 0.5) is 0 Å². The highest BCUT2D eigenvalue weighted by atomic mass is 35.5. The number of benzene rings is 1. The van der Waals surface area contributed by atoms with E-state index in [2.05, 4.69) is 0 Å². The predicted molar refractivity (Wildman–Crippen MR) is 69.9 cm³/mol. The molecule has 0 saturated carbocycles. The van der Waals surface area contributed by atoms with Crippen molar-refractivity contribution in [1.29, 1.82) is 0 Å². The summed E-state index contributed by atoms with van der Waals surface area (Å²) in [4.78, 5) is 0.672. The van der Waals surface area contributed by atoms with Crippen molar-refractivity contribution in [3.63, 3.8) is 0 Å². The van der Waals surface area contributed by atoms with E-state index < -0.39 is 6.10 Å². The average molecular weight is 294 g/mol. The highest BCUT2D eigenvalue weighted by Crippen LogP contribution is 2.37. The van der Waals surface area contributed by atoms with Crippen molar-refractivity contribution in [2.75, 3.05) is 0 Å². The largest absolute Gasteiger partial charge is 0.383 e. The Bertz CT molecular complexity index is 510. The fourth-order valence-electron chi connectivity index (χ4n) is 1.37. The fourth-order valence-corrected chi connectivity index (χ4v) is 2.95. The lowest BCUT2D eigenvalue weighted by Gasteiger charge is -2.12. The van der Waals surface area contributed by atoms with E-state index in [1.54, 1.807) is 24.3 Å². The number of aliphatic hydroxyl groups is 1. The second-order valence-electron chi connectivity index (χ2n) is 3.18. The standard InChI is InChI=1S/C11H7Cl3OS/c12-7-3-1-2-6(9(7)14)10(15)11-8(13)4-5-16-11/h1-5,10,15H. The highest BCUT2D eigenvalue weighted by Gasteiger charge is 2.19. The minimum Gasteiger partial charge on any atom is -0.383 e. The monoisotopic (exact) mass is 292 g/mol. The zero-order chi connectivity index (χ0) is 11.7. The summed E-state index contributed by atoms with van der Waals surface area (Å²) >= 11 is 19.2.